The van der Waals surface area contributed by atoms with Crippen molar-refractivity contribution < 1.29 is 0 Å². The molecule has 0 unspecified atom stereocenters. The number of benzene rings is 1. The summed E-state index contributed by atoms with van der Waals surface area (Å²) in [5, 5.41) is 5.84. The van der Waals surface area contributed by atoms with E-state index in [1.165, 1.54) is 48.9 Å². The average Bonchev–Trinajstić information content (AvgIpc) is 3.21. The minimum Gasteiger partial charge on any atom is -0.326 e. The second-order valence-corrected chi connectivity index (χ2v) is 7.77. The monoisotopic (exact) mass is 359 g/mol. The summed E-state index contributed by atoms with van der Waals surface area (Å²) >= 11 is 0. The van der Waals surface area contributed by atoms with Crippen LogP contribution in [0.3, 0.4) is 0 Å². The van der Waals surface area contributed by atoms with E-state index in [4.69, 9.17) is 9.97 Å². The molecular formula is C22H25N5. The van der Waals surface area contributed by atoms with E-state index in [1.807, 2.05) is 16.9 Å². The highest BCUT2D eigenvalue weighted by atomic mass is 15.3. The van der Waals surface area contributed by atoms with Gasteiger partial charge in [0, 0.05) is 18.2 Å². The maximum Gasteiger partial charge on any atom is 0.168 e. The van der Waals surface area contributed by atoms with E-state index in [2.05, 4.69) is 47.8 Å². The van der Waals surface area contributed by atoms with E-state index in [9.17, 15) is 0 Å². The van der Waals surface area contributed by atoms with Crippen LogP contribution in [0.2, 0.25) is 0 Å². The Kier molecular flexibility index (Phi) is 3.96. The summed E-state index contributed by atoms with van der Waals surface area (Å²) in [7, 11) is 0. The smallest absolute Gasteiger partial charge is 0.168 e. The summed E-state index contributed by atoms with van der Waals surface area (Å²) in [4.78, 5) is 9.71. The standard InChI is InChI=1S/C22H25N5/c1-15-16(2)27(18-11-7-4-8-12-18)21-20(15)22-24-19(25-26(22)14-23-21)13-17-9-5-3-6-10-17/h3,5-6,9-10,14,18H,4,7-8,11-13H2,1-2H3. The topological polar surface area (TPSA) is 48.0 Å². The van der Waals surface area contributed by atoms with Gasteiger partial charge in [-0.15, -0.1) is 5.10 Å². The fourth-order valence-electron chi connectivity index (χ4n) is 4.57. The van der Waals surface area contributed by atoms with Gasteiger partial charge >= 0.3 is 0 Å². The fraction of sp³-hybridized carbons (Fsp3) is 0.409. The quantitative estimate of drug-likeness (QED) is 0.528. The molecule has 1 aliphatic carbocycles. The van der Waals surface area contributed by atoms with Gasteiger partial charge in [0.25, 0.3) is 0 Å². The van der Waals surface area contributed by atoms with Crippen molar-refractivity contribution in [2.45, 2.75) is 58.4 Å². The Labute approximate surface area is 159 Å². The van der Waals surface area contributed by atoms with Crippen LogP contribution < -0.4 is 0 Å². The summed E-state index contributed by atoms with van der Waals surface area (Å²) in [6.45, 7) is 4.42. The van der Waals surface area contributed by atoms with E-state index in [-0.39, 0.29) is 0 Å². The predicted octanol–water partition coefficient (Wildman–Crippen LogP) is 4.79. The van der Waals surface area contributed by atoms with Crippen LogP contribution in [0.25, 0.3) is 16.7 Å². The summed E-state index contributed by atoms with van der Waals surface area (Å²) in [5.74, 6) is 0.845. The molecule has 3 heterocycles. The molecule has 0 spiro atoms. The zero-order valence-corrected chi connectivity index (χ0v) is 16.0. The molecule has 5 rings (SSSR count). The lowest BCUT2D eigenvalue weighted by atomic mass is 9.95. The van der Waals surface area contributed by atoms with Crippen molar-refractivity contribution in [3.8, 4) is 0 Å². The number of fused-ring (bicyclic) bond motifs is 3. The van der Waals surface area contributed by atoms with E-state index in [1.54, 1.807) is 0 Å². The SMILES string of the molecule is Cc1c(C)n(C2CCCCC2)c2ncn3nc(Cc4ccccc4)nc3c12. The molecule has 1 aliphatic rings. The van der Waals surface area contributed by atoms with Gasteiger partial charge in [-0.3, -0.25) is 0 Å². The molecule has 0 N–H and O–H groups in total. The molecule has 3 aromatic heterocycles. The summed E-state index contributed by atoms with van der Waals surface area (Å²) in [5.41, 5.74) is 5.84. The van der Waals surface area contributed by atoms with Gasteiger partial charge in [0.05, 0.1) is 5.39 Å². The molecular weight excluding hydrogens is 334 g/mol. The van der Waals surface area contributed by atoms with Crippen molar-refractivity contribution >= 4 is 16.7 Å². The Balaban J connectivity index is 1.64. The molecule has 0 radical (unpaired) electrons. The lowest BCUT2D eigenvalue weighted by Gasteiger charge is -2.25. The van der Waals surface area contributed by atoms with Gasteiger partial charge in [-0.1, -0.05) is 49.6 Å². The third-order valence-corrected chi connectivity index (χ3v) is 6.06. The van der Waals surface area contributed by atoms with E-state index >= 15 is 0 Å². The van der Waals surface area contributed by atoms with Crippen molar-refractivity contribution in [3.05, 3.63) is 59.3 Å². The summed E-state index contributed by atoms with van der Waals surface area (Å²) in [6.07, 6.45) is 9.07. The second-order valence-electron chi connectivity index (χ2n) is 7.77. The van der Waals surface area contributed by atoms with Gasteiger partial charge in [-0.05, 0) is 37.8 Å². The molecule has 27 heavy (non-hydrogen) atoms. The van der Waals surface area contributed by atoms with Crippen LogP contribution in [0.5, 0.6) is 0 Å². The number of aromatic nitrogens is 5. The second kappa shape index (κ2) is 6.48. The Morgan fingerprint density at radius 3 is 2.56 bits per heavy atom. The van der Waals surface area contributed by atoms with Gasteiger partial charge in [-0.25, -0.2) is 14.5 Å². The van der Waals surface area contributed by atoms with Crippen LogP contribution in [0.4, 0.5) is 0 Å². The van der Waals surface area contributed by atoms with Gasteiger partial charge in [-0.2, -0.15) is 0 Å². The highest BCUT2D eigenvalue weighted by Crippen LogP contribution is 2.35. The van der Waals surface area contributed by atoms with Crippen LogP contribution in [0.1, 0.15) is 60.8 Å². The largest absolute Gasteiger partial charge is 0.326 e. The van der Waals surface area contributed by atoms with E-state index in [0.29, 0.717) is 6.04 Å². The molecule has 0 aliphatic heterocycles. The highest BCUT2D eigenvalue weighted by molar-refractivity contribution is 5.94. The zero-order valence-electron chi connectivity index (χ0n) is 16.0. The molecule has 0 amide bonds. The molecule has 1 aromatic carbocycles. The molecule has 1 saturated carbocycles. The van der Waals surface area contributed by atoms with Crippen LogP contribution >= 0.6 is 0 Å². The lowest BCUT2D eigenvalue weighted by molar-refractivity contribution is 0.355. The first-order valence-electron chi connectivity index (χ1n) is 9.97. The minimum atomic E-state index is 0.566. The van der Waals surface area contributed by atoms with Crippen molar-refractivity contribution in [2.75, 3.05) is 0 Å². The first kappa shape index (κ1) is 16.5. The van der Waals surface area contributed by atoms with Crippen LogP contribution in [0, 0.1) is 13.8 Å². The summed E-state index contributed by atoms with van der Waals surface area (Å²) in [6, 6.07) is 11.0. The molecule has 138 valence electrons. The van der Waals surface area contributed by atoms with E-state index < -0.39 is 0 Å². The number of rotatable bonds is 3. The van der Waals surface area contributed by atoms with Crippen molar-refractivity contribution in [1.29, 1.82) is 0 Å². The molecule has 0 bridgehead atoms. The Hall–Kier alpha value is -2.69. The predicted molar refractivity (Wildman–Crippen MR) is 107 cm³/mol. The number of hydrogen-bond acceptors (Lipinski definition) is 3. The summed E-state index contributed by atoms with van der Waals surface area (Å²) < 4.78 is 4.31. The molecule has 1 fully saturated rings. The van der Waals surface area contributed by atoms with Crippen LogP contribution in [-0.2, 0) is 6.42 Å². The molecule has 0 atom stereocenters. The van der Waals surface area contributed by atoms with Gasteiger partial charge in [0.1, 0.15) is 12.0 Å². The first-order chi connectivity index (χ1) is 13.2. The van der Waals surface area contributed by atoms with Gasteiger partial charge < -0.3 is 4.57 Å². The lowest BCUT2D eigenvalue weighted by Crippen LogP contribution is -2.14. The zero-order chi connectivity index (χ0) is 18.4. The van der Waals surface area contributed by atoms with E-state index in [0.717, 1.165) is 28.9 Å². The Morgan fingerprint density at radius 2 is 1.78 bits per heavy atom. The maximum atomic E-state index is 4.90. The molecule has 5 heteroatoms. The Morgan fingerprint density at radius 1 is 1.00 bits per heavy atom. The highest BCUT2D eigenvalue weighted by Gasteiger charge is 2.24. The molecule has 4 aromatic rings. The van der Waals surface area contributed by atoms with Crippen LogP contribution in [-0.4, -0.2) is 24.1 Å². The number of hydrogen-bond donors (Lipinski definition) is 0. The number of nitrogens with zero attached hydrogens (tertiary/aromatic N) is 5. The van der Waals surface area contributed by atoms with Crippen molar-refractivity contribution in [1.82, 2.24) is 24.1 Å². The van der Waals surface area contributed by atoms with Crippen molar-refractivity contribution in [3.63, 3.8) is 0 Å². The molecule has 0 saturated heterocycles. The fourth-order valence-corrected chi connectivity index (χ4v) is 4.57. The average molecular weight is 359 g/mol. The van der Waals surface area contributed by atoms with Gasteiger partial charge in [0.15, 0.2) is 11.5 Å². The number of aryl methyl sites for hydroxylation is 1. The first-order valence-corrected chi connectivity index (χ1v) is 9.97. The van der Waals surface area contributed by atoms with Gasteiger partial charge in [0.2, 0.25) is 0 Å². The van der Waals surface area contributed by atoms with Crippen molar-refractivity contribution in [2.24, 2.45) is 0 Å². The third kappa shape index (κ3) is 2.73. The Bertz CT molecular complexity index is 1100. The normalized spacial score (nSPS) is 15.8. The molecule has 5 nitrogen and oxygen atoms in total. The maximum absolute atomic E-state index is 4.90. The third-order valence-electron chi connectivity index (χ3n) is 6.06. The van der Waals surface area contributed by atoms with Crippen LogP contribution in [0.15, 0.2) is 36.7 Å². The minimum absolute atomic E-state index is 0.566.